The van der Waals surface area contributed by atoms with Gasteiger partial charge in [-0.2, -0.15) is 0 Å². The molecule has 6 aromatic heterocycles. The zero-order valence-corrected chi connectivity index (χ0v) is 75.2. The Bertz CT molecular complexity index is 5040. The fourth-order valence-electron chi connectivity index (χ4n) is 12.1. The molecule has 6 aromatic carbocycles. The van der Waals surface area contributed by atoms with Crippen LogP contribution in [0.4, 0.5) is 0 Å². The van der Waals surface area contributed by atoms with Crippen LogP contribution in [0.3, 0.4) is 0 Å². The van der Waals surface area contributed by atoms with E-state index in [1.54, 1.807) is 0 Å². The predicted octanol–water partition coefficient (Wildman–Crippen LogP) is 25.8. The molecule has 0 fully saturated rings. The van der Waals surface area contributed by atoms with Crippen molar-refractivity contribution in [3.05, 3.63) is 267 Å². The van der Waals surface area contributed by atoms with Crippen LogP contribution in [0.1, 0.15) is 204 Å². The minimum atomic E-state index is -0.125. The van der Waals surface area contributed by atoms with E-state index >= 15 is 0 Å². The second-order valence-corrected chi connectivity index (χ2v) is 30.8. The molecule has 110 heavy (non-hydrogen) atoms. The normalized spacial score (nSPS) is 11.5. The molecule has 12 rings (SSSR count). The Balaban J connectivity index is 0.000000304. The first-order valence-electron chi connectivity index (χ1n) is 36.4. The van der Waals surface area contributed by atoms with Crippen molar-refractivity contribution < 1.29 is 103 Å². The Morgan fingerprint density at radius 3 is 0.964 bits per heavy atom. The summed E-state index contributed by atoms with van der Waals surface area (Å²) in [5.41, 5.74) is 24.8. The van der Waals surface area contributed by atoms with Crippen molar-refractivity contribution >= 4 is 50.6 Å². The van der Waals surface area contributed by atoms with Crippen LogP contribution in [0, 0.1) is 59.7 Å². The van der Waals surface area contributed by atoms with Crippen molar-refractivity contribution in [2.75, 3.05) is 0 Å². The van der Waals surface area contributed by atoms with Crippen molar-refractivity contribution in [1.29, 1.82) is 0 Å². The summed E-state index contributed by atoms with van der Waals surface area (Å²) in [6.45, 7) is 47.9. The van der Waals surface area contributed by atoms with Crippen LogP contribution in [0.5, 0.6) is 0 Å². The Labute approximate surface area is 692 Å². The minimum absolute atomic E-state index is 0. The van der Waals surface area contributed by atoms with Gasteiger partial charge in [0.25, 0.3) is 0 Å². The summed E-state index contributed by atoms with van der Waals surface area (Å²) in [7, 11) is 0. The van der Waals surface area contributed by atoms with Gasteiger partial charge in [-0.05, 0) is 145 Å². The molecule has 15 heteroatoms. The smallest absolute Gasteiger partial charge is 0.217 e. The number of hydrogen-bond acceptors (Lipinski definition) is 12. The number of fused-ring (bicyclic) bond motifs is 3. The van der Waals surface area contributed by atoms with Gasteiger partial charge in [-0.1, -0.05) is 210 Å². The third kappa shape index (κ3) is 27.5. The third-order valence-electron chi connectivity index (χ3n) is 17.1. The van der Waals surface area contributed by atoms with Crippen LogP contribution in [0.25, 0.3) is 101 Å². The number of rotatable bonds is 12. The quantitative estimate of drug-likeness (QED) is 0.0597. The monoisotopic (exact) mass is 2010 g/mol. The summed E-state index contributed by atoms with van der Waals surface area (Å²) < 4.78 is 18.7. The van der Waals surface area contributed by atoms with Gasteiger partial charge in [0, 0.05) is 111 Å². The topological polar surface area (TPSA) is 190 Å². The average Bonchev–Trinajstić information content (AvgIpc) is 1.66. The van der Waals surface area contributed by atoms with Gasteiger partial charge in [0.05, 0.1) is 17.3 Å². The number of pyridine rings is 3. The van der Waals surface area contributed by atoms with Gasteiger partial charge in [0.15, 0.2) is 17.3 Å². The van der Waals surface area contributed by atoms with E-state index in [1.165, 1.54) is 110 Å². The van der Waals surface area contributed by atoms with E-state index < -0.39 is 0 Å². The van der Waals surface area contributed by atoms with E-state index in [2.05, 4.69) is 288 Å². The van der Waals surface area contributed by atoms with Crippen LogP contribution in [0.15, 0.2) is 200 Å². The molecule has 585 valence electrons. The summed E-state index contributed by atoms with van der Waals surface area (Å²) in [4.78, 5) is 44.4. The third-order valence-corrected chi connectivity index (χ3v) is 17.1. The second kappa shape index (κ2) is 41.3. The molecule has 6 heterocycles. The summed E-state index contributed by atoms with van der Waals surface area (Å²) in [6.07, 6.45) is 3.50. The number of carbonyl (C=O) groups is 3. The molecular formula is C95H106Ir3N3O9-3. The van der Waals surface area contributed by atoms with Crippen LogP contribution in [-0.4, -0.2) is 47.6 Å². The van der Waals surface area contributed by atoms with Gasteiger partial charge >= 0.3 is 0 Å². The first-order chi connectivity index (χ1) is 50.1. The number of benzene rings is 6. The number of ketones is 3. The van der Waals surface area contributed by atoms with Crippen molar-refractivity contribution in [3.8, 4) is 67.7 Å². The van der Waals surface area contributed by atoms with E-state index in [1.807, 2.05) is 6.07 Å². The molecule has 0 saturated carbocycles. The molecule has 0 bridgehead atoms. The van der Waals surface area contributed by atoms with Gasteiger partial charge in [-0.3, -0.25) is 29.3 Å². The molecule has 12 nitrogen and oxygen atoms in total. The largest absolute Gasteiger partial charge is 0.512 e. The standard InChI is InChI=1S/C29H32NO.C27H28NO.C24H22NO.3C5H8O2.3Ir/c1-18-11-19(2)13-21(12-18)25-10-9-20-16-26(31-27(20)30-25)22-14-23(28(3,4)5)17-24(15-22)29(6,7)8;1-16(2)22-8-7-9-23(17(3)4)26(22)25-15-20-10-11-24(28-27(20)29-25)21-13-18(5)12-19(6)14-21;1-15(2)18-5-7-19(8-6-18)23-14-20-9-10-22(25-24(20)26-23)21-12-16(3)11-17(4)13-21;3*1-4(6)3-5(2)7;;;/h9-12,14-17H,1-8H3;7-13,15-17H,1-6H3;5-12,14-15H,1-4H3;3*3,6H,1-2H3;;;/q3*-1;;;;;;. The predicted molar refractivity (Wildman–Crippen MR) is 440 cm³/mol. The molecule has 0 atom stereocenters. The molecule has 0 saturated heterocycles. The van der Waals surface area contributed by atoms with Crippen LogP contribution < -0.4 is 0 Å². The van der Waals surface area contributed by atoms with Gasteiger partial charge in [-0.25, -0.2) is 0 Å². The van der Waals surface area contributed by atoms with E-state index in [4.69, 9.17) is 43.5 Å². The first kappa shape index (κ1) is 93.3. The molecule has 0 spiro atoms. The maximum Gasteiger partial charge on any atom is 0.217 e. The molecule has 0 amide bonds. The summed E-state index contributed by atoms with van der Waals surface area (Å²) in [6, 6.07) is 63.6. The average molecular weight is 2010 g/mol. The number of aliphatic hydroxyl groups is 3. The van der Waals surface area contributed by atoms with Crippen LogP contribution in [-0.2, 0) is 85.5 Å². The Morgan fingerprint density at radius 2 is 0.691 bits per heavy atom. The molecular weight excluding hydrogens is 1900 g/mol. The number of aliphatic hydroxyl groups excluding tert-OH is 3. The Hall–Kier alpha value is -9.03. The zero-order chi connectivity index (χ0) is 79.1. The molecule has 0 aliphatic heterocycles. The molecule has 0 aliphatic carbocycles. The van der Waals surface area contributed by atoms with Crippen molar-refractivity contribution in [1.82, 2.24) is 15.0 Å². The SMILES string of the molecule is CC(=O)C=C(C)O.CC(=O)C=C(C)O.CC(=O)C=C(C)O.Cc1[c-]c(-c2ccc3cc(-c4c(C(C)C)cccc4C(C)C)oc3n2)cc(C)c1.Cc1[c-]c(-c2ccc3cc(-c4cc(C(C)(C)C)cc(C(C)(C)C)c4)oc3n2)cc(C)c1.Cc1[c-]c(-c2ccc3cc(-c4ccc(C(C)C)cc4)oc3n2)cc(C)c1.[Ir].[Ir].[Ir]. The maximum absolute atomic E-state index is 10.0. The summed E-state index contributed by atoms with van der Waals surface area (Å²) >= 11 is 0. The van der Waals surface area contributed by atoms with E-state index in [-0.39, 0.29) is 106 Å². The number of aromatic nitrogens is 3. The van der Waals surface area contributed by atoms with Crippen molar-refractivity contribution in [2.24, 2.45) is 0 Å². The van der Waals surface area contributed by atoms with Gasteiger partial charge < -0.3 is 28.6 Å². The molecule has 0 unspecified atom stereocenters. The number of nitrogens with zero attached hydrogens (tertiary/aromatic N) is 3. The number of hydrogen-bond donors (Lipinski definition) is 3. The van der Waals surface area contributed by atoms with Gasteiger partial charge in [0.1, 0.15) is 17.3 Å². The van der Waals surface area contributed by atoms with E-state index in [0.29, 0.717) is 34.9 Å². The maximum atomic E-state index is 10.0. The molecule has 12 aromatic rings. The van der Waals surface area contributed by atoms with Crippen LogP contribution in [0.2, 0.25) is 0 Å². The van der Waals surface area contributed by atoms with Gasteiger partial charge in [-0.15, -0.1) is 105 Å². The van der Waals surface area contributed by atoms with E-state index in [0.717, 1.165) is 95.0 Å². The Kier molecular flexibility index (Phi) is 35.1. The Morgan fingerprint density at radius 1 is 0.382 bits per heavy atom. The van der Waals surface area contributed by atoms with Crippen LogP contribution >= 0.6 is 0 Å². The van der Waals surface area contributed by atoms with Crippen molar-refractivity contribution in [2.45, 2.75) is 195 Å². The minimum Gasteiger partial charge on any atom is -0.512 e. The van der Waals surface area contributed by atoms with E-state index in [9.17, 15) is 14.4 Å². The fourth-order valence-corrected chi connectivity index (χ4v) is 12.1. The summed E-state index contributed by atoms with van der Waals surface area (Å²) in [5, 5.41) is 28.1. The fraction of sp³-hybridized carbons (Fsp3) is 0.305. The zero-order valence-electron chi connectivity index (χ0n) is 68.0. The molecule has 0 aliphatic rings. The van der Waals surface area contributed by atoms with Crippen molar-refractivity contribution in [3.63, 3.8) is 0 Å². The second-order valence-electron chi connectivity index (χ2n) is 30.8. The van der Waals surface area contributed by atoms with Gasteiger partial charge in [0.2, 0.25) is 17.1 Å². The molecule has 3 radical (unpaired) electrons. The summed E-state index contributed by atoms with van der Waals surface area (Å²) in [5.74, 6) is 3.80. The number of furan rings is 3. The number of aryl methyl sites for hydroxylation is 6. The molecule has 3 N–H and O–H groups in total. The number of carbonyl (C=O) groups excluding carboxylic acids is 3. The number of allylic oxidation sites excluding steroid dienone is 6. The first-order valence-corrected chi connectivity index (χ1v) is 36.4.